The smallest absolute Gasteiger partial charge is 0.328 e. The Balaban J connectivity index is 5.04. The fourth-order valence-corrected chi connectivity index (χ4v) is 3.11. The molecule has 0 fully saturated rings. The van der Waals surface area contributed by atoms with Crippen LogP contribution in [0.3, 0.4) is 0 Å². The summed E-state index contributed by atoms with van der Waals surface area (Å²) in [4.78, 5) is 27.0. The van der Waals surface area contributed by atoms with Gasteiger partial charge in [0.1, 0.15) is 6.04 Å². The molecule has 1 amide bonds. The van der Waals surface area contributed by atoms with Crippen molar-refractivity contribution in [2.24, 2.45) is 17.6 Å². The van der Waals surface area contributed by atoms with Crippen LogP contribution in [0.1, 0.15) is 53.9 Å². The van der Waals surface area contributed by atoms with Crippen LogP contribution < -0.4 is 11.1 Å². The van der Waals surface area contributed by atoms with Crippen LogP contribution in [0.4, 0.5) is 0 Å². The maximum atomic E-state index is 12.8. The number of nitrogens with one attached hydrogen (secondary N) is 1. The van der Waals surface area contributed by atoms with Gasteiger partial charge in [-0.05, 0) is 45.1 Å². The van der Waals surface area contributed by atoms with Crippen LogP contribution in [-0.2, 0) is 14.3 Å². The number of nitrogens with two attached hydrogens (primary N) is 1. The van der Waals surface area contributed by atoms with Crippen LogP contribution in [0.25, 0.3) is 0 Å². The first-order valence-corrected chi connectivity index (χ1v) is 10.9. The SMILES string of the molecule is COC(=O)[C@@H](CC(C)CNC[C@@H](N)CS)N(C(=O)C/C=C/CC(C)C)C(C)C. The number of thiol groups is 1. The molecular formula is C21H41N3O3S. The Labute approximate surface area is 177 Å². The average molecular weight is 416 g/mol. The molecule has 0 radical (unpaired) electrons. The lowest BCUT2D eigenvalue weighted by atomic mass is 9.98. The Morgan fingerprint density at radius 2 is 1.79 bits per heavy atom. The highest BCUT2D eigenvalue weighted by molar-refractivity contribution is 7.80. The fraction of sp³-hybridized carbons (Fsp3) is 0.810. The zero-order valence-electron chi connectivity index (χ0n) is 18.5. The molecule has 3 atom stereocenters. The highest BCUT2D eigenvalue weighted by Gasteiger charge is 2.33. The summed E-state index contributed by atoms with van der Waals surface area (Å²) in [5.41, 5.74) is 5.86. The second-order valence-electron chi connectivity index (χ2n) is 8.18. The van der Waals surface area contributed by atoms with Crippen molar-refractivity contribution in [2.45, 2.75) is 72.0 Å². The zero-order valence-corrected chi connectivity index (χ0v) is 19.4. The van der Waals surface area contributed by atoms with Gasteiger partial charge in [0.25, 0.3) is 0 Å². The second-order valence-corrected chi connectivity index (χ2v) is 8.55. The van der Waals surface area contributed by atoms with Crippen molar-refractivity contribution in [3.63, 3.8) is 0 Å². The van der Waals surface area contributed by atoms with Gasteiger partial charge in [0.05, 0.1) is 7.11 Å². The summed E-state index contributed by atoms with van der Waals surface area (Å²) >= 11 is 4.18. The van der Waals surface area contributed by atoms with Crippen molar-refractivity contribution in [2.75, 3.05) is 26.0 Å². The van der Waals surface area contributed by atoms with Crippen LogP contribution in [0.2, 0.25) is 0 Å². The Bertz CT molecular complexity index is 484. The van der Waals surface area contributed by atoms with Gasteiger partial charge < -0.3 is 20.7 Å². The van der Waals surface area contributed by atoms with Crippen LogP contribution >= 0.6 is 12.6 Å². The molecule has 3 N–H and O–H groups in total. The van der Waals surface area contributed by atoms with Gasteiger partial charge >= 0.3 is 5.97 Å². The van der Waals surface area contributed by atoms with Gasteiger partial charge in [-0.15, -0.1) is 0 Å². The van der Waals surface area contributed by atoms with E-state index in [1.165, 1.54) is 7.11 Å². The number of hydrogen-bond acceptors (Lipinski definition) is 6. The lowest BCUT2D eigenvalue weighted by Crippen LogP contribution is -2.50. The molecule has 0 saturated heterocycles. The number of hydrogen-bond donors (Lipinski definition) is 3. The standard InChI is InChI=1S/C21H41N3O3S/c1-15(2)9-7-8-10-20(25)24(16(3)4)19(21(26)27-6)11-17(5)12-23-13-18(22)14-28/h7-8,15-19,23,28H,9-14,22H2,1-6H3/b8-7+/t17?,18-,19-/m1/s1. The predicted octanol–water partition coefficient (Wildman–Crippen LogP) is 2.63. The summed E-state index contributed by atoms with van der Waals surface area (Å²) in [7, 11) is 1.37. The number of amides is 1. The van der Waals surface area contributed by atoms with Gasteiger partial charge in [-0.3, -0.25) is 4.79 Å². The van der Waals surface area contributed by atoms with E-state index >= 15 is 0 Å². The number of methoxy groups -OCH3 is 1. The van der Waals surface area contributed by atoms with Crippen molar-refractivity contribution < 1.29 is 14.3 Å². The molecule has 0 aromatic heterocycles. The topological polar surface area (TPSA) is 84.7 Å². The van der Waals surface area contributed by atoms with Crippen molar-refractivity contribution in [1.29, 1.82) is 0 Å². The van der Waals surface area contributed by atoms with Crippen molar-refractivity contribution in [3.05, 3.63) is 12.2 Å². The summed E-state index contributed by atoms with van der Waals surface area (Å²) in [5.74, 6) is 0.933. The summed E-state index contributed by atoms with van der Waals surface area (Å²) in [6.45, 7) is 11.6. The molecule has 0 bridgehead atoms. The fourth-order valence-electron chi connectivity index (χ4n) is 2.98. The number of allylic oxidation sites excluding steroid dienone is 1. The number of carbonyl (C=O) groups is 2. The van der Waals surface area contributed by atoms with E-state index in [1.54, 1.807) is 4.90 Å². The highest BCUT2D eigenvalue weighted by atomic mass is 32.1. The lowest BCUT2D eigenvalue weighted by Gasteiger charge is -2.34. The molecule has 0 saturated carbocycles. The molecule has 7 heteroatoms. The molecule has 0 aliphatic rings. The molecule has 164 valence electrons. The van der Waals surface area contributed by atoms with E-state index in [-0.39, 0.29) is 29.9 Å². The molecule has 0 aromatic rings. The van der Waals surface area contributed by atoms with Gasteiger partial charge in [0.2, 0.25) is 5.91 Å². The van der Waals surface area contributed by atoms with Crippen LogP contribution in [0.5, 0.6) is 0 Å². The number of ether oxygens (including phenoxy) is 1. The molecule has 1 unspecified atom stereocenters. The van der Waals surface area contributed by atoms with Gasteiger partial charge in [-0.2, -0.15) is 12.6 Å². The highest BCUT2D eigenvalue weighted by Crippen LogP contribution is 2.18. The first-order valence-electron chi connectivity index (χ1n) is 10.2. The van der Waals surface area contributed by atoms with E-state index in [4.69, 9.17) is 10.5 Å². The Hall–Kier alpha value is -1.05. The number of carbonyl (C=O) groups excluding carboxylic acids is 2. The van der Waals surface area contributed by atoms with E-state index in [0.29, 0.717) is 37.6 Å². The first-order chi connectivity index (χ1) is 13.1. The third kappa shape index (κ3) is 11.1. The minimum absolute atomic E-state index is 0.00157. The zero-order chi connectivity index (χ0) is 21.7. The van der Waals surface area contributed by atoms with Gasteiger partial charge in [0.15, 0.2) is 0 Å². The maximum absolute atomic E-state index is 12.8. The quantitative estimate of drug-likeness (QED) is 0.231. The molecule has 0 rings (SSSR count). The summed E-state index contributed by atoms with van der Waals surface area (Å²) in [6, 6.07) is -0.683. The minimum Gasteiger partial charge on any atom is -0.467 e. The Kier molecular flexibility index (Phi) is 14.3. The number of nitrogens with zero attached hydrogens (tertiary/aromatic N) is 1. The normalized spacial score (nSPS) is 15.1. The molecule has 0 aromatic carbocycles. The van der Waals surface area contributed by atoms with Gasteiger partial charge in [-0.25, -0.2) is 4.79 Å². The van der Waals surface area contributed by atoms with Crippen molar-refractivity contribution in [1.82, 2.24) is 10.2 Å². The third-order valence-electron chi connectivity index (χ3n) is 4.48. The summed E-state index contributed by atoms with van der Waals surface area (Å²) in [6.07, 6.45) is 5.70. The Morgan fingerprint density at radius 3 is 2.29 bits per heavy atom. The predicted molar refractivity (Wildman–Crippen MR) is 119 cm³/mol. The largest absolute Gasteiger partial charge is 0.467 e. The van der Waals surface area contributed by atoms with E-state index in [1.807, 2.05) is 26.0 Å². The molecule has 6 nitrogen and oxygen atoms in total. The van der Waals surface area contributed by atoms with Gasteiger partial charge in [0, 0.05) is 30.8 Å². The van der Waals surface area contributed by atoms with E-state index in [2.05, 4.69) is 38.7 Å². The second kappa shape index (κ2) is 14.9. The van der Waals surface area contributed by atoms with Crippen molar-refractivity contribution >= 4 is 24.5 Å². The van der Waals surface area contributed by atoms with Gasteiger partial charge in [-0.1, -0.05) is 32.9 Å². The van der Waals surface area contributed by atoms with Crippen molar-refractivity contribution in [3.8, 4) is 0 Å². The average Bonchev–Trinajstić information content (AvgIpc) is 2.63. The molecule has 0 spiro atoms. The molecule has 0 heterocycles. The monoisotopic (exact) mass is 415 g/mol. The minimum atomic E-state index is -0.591. The molecular weight excluding hydrogens is 374 g/mol. The lowest BCUT2D eigenvalue weighted by molar-refractivity contribution is -0.155. The van der Waals surface area contributed by atoms with Crippen LogP contribution in [-0.4, -0.2) is 60.9 Å². The van der Waals surface area contributed by atoms with E-state index in [9.17, 15) is 9.59 Å². The van der Waals surface area contributed by atoms with E-state index in [0.717, 1.165) is 6.42 Å². The first kappa shape index (κ1) is 27.0. The molecule has 0 aliphatic carbocycles. The number of esters is 1. The number of rotatable bonds is 14. The summed E-state index contributed by atoms with van der Waals surface area (Å²) in [5, 5.41) is 3.31. The molecule has 0 aliphatic heterocycles. The Morgan fingerprint density at radius 1 is 1.14 bits per heavy atom. The maximum Gasteiger partial charge on any atom is 0.328 e. The van der Waals surface area contributed by atoms with Crippen LogP contribution in [0, 0.1) is 11.8 Å². The summed E-state index contributed by atoms with van der Waals surface area (Å²) < 4.78 is 5.01. The van der Waals surface area contributed by atoms with E-state index < -0.39 is 6.04 Å². The third-order valence-corrected chi connectivity index (χ3v) is 4.95. The van der Waals surface area contributed by atoms with Crippen LogP contribution in [0.15, 0.2) is 12.2 Å². The molecule has 28 heavy (non-hydrogen) atoms.